The molecule has 1 aliphatic carbocycles. The van der Waals surface area contributed by atoms with Crippen molar-refractivity contribution in [1.82, 2.24) is 9.38 Å². The van der Waals surface area contributed by atoms with Gasteiger partial charge in [0.25, 0.3) is 5.56 Å². The monoisotopic (exact) mass is 340 g/mol. The van der Waals surface area contributed by atoms with Gasteiger partial charge in [0.2, 0.25) is 0 Å². The second-order valence-corrected chi connectivity index (χ2v) is 7.58. The summed E-state index contributed by atoms with van der Waals surface area (Å²) in [7, 11) is 2.22. The Hall–Kier alpha value is -1.98. The summed E-state index contributed by atoms with van der Waals surface area (Å²) in [5.41, 5.74) is 4.82. The van der Waals surface area contributed by atoms with Crippen LogP contribution < -0.4 is 10.5 Å². The maximum atomic E-state index is 12.4. The number of rotatable bonds is 3. The van der Waals surface area contributed by atoms with E-state index >= 15 is 0 Å². The van der Waals surface area contributed by atoms with E-state index < -0.39 is 0 Å². The third-order valence-corrected chi connectivity index (χ3v) is 6.00. The highest BCUT2D eigenvalue weighted by atomic mass is 32.1. The predicted molar refractivity (Wildman–Crippen MR) is 96.8 cm³/mol. The van der Waals surface area contributed by atoms with Gasteiger partial charge in [-0.05, 0) is 25.3 Å². The third kappa shape index (κ3) is 2.68. The molecular formula is C19H22N3OS+. The van der Waals surface area contributed by atoms with Crippen LogP contribution in [0, 0.1) is 6.92 Å². The molecule has 0 fully saturated rings. The van der Waals surface area contributed by atoms with E-state index in [9.17, 15) is 4.79 Å². The minimum atomic E-state index is 0.0330. The first kappa shape index (κ1) is 15.5. The van der Waals surface area contributed by atoms with Crippen LogP contribution in [0.3, 0.4) is 0 Å². The Balaban J connectivity index is 1.63. The van der Waals surface area contributed by atoms with Gasteiger partial charge >= 0.3 is 0 Å². The van der Waals surface area contributed by atoms with Crippen molar-refractivity contribution in [2.45, 2.75) is 38.8 Å². The lowest BCUT2D eigenvalue weighted by Gasteiger charge is -2.30. The number of thiazole rings is 1. The number of nitrogens with one attached hydrogen (secondary N) is 1. The van der Waals surface area contributed by atoms with E-state index in [-0.39, 0.29) is 5.56 Å². The summed E-state index contributed by atoms with van der Waals surface area (Å²) < 4.78 is 1.69. The van der Waals surface area contributed by atoms with E-state index in [1.165, 1.54) is 46.6 Å². The van der Waals surface area contributed by atoms with Crippen molar-refractivity contribution in [3.63, 3.8) is 0 Å². The zero-order valence-electron chi connectivity index (χ0n) is 14.1. The molecule has 1 unspecified atom stereocenters. The molecule has 0 saturated carbocycles. The molecule has 4 nitrogen and oxygen atoms in total. The van der Waals surface area contributed by atoms with Crippen molar-refractivity contribution < 1.29 is 4.90 Å². The van der Waals surface area contributed by atoms with Gasteiger partial charge in [-0.2, -0.15) is 0 Å². The average molecular weight is 340 g/mol. The highest BCUT2D eigenvalue weighted by molar-refractivity contribution is 7.15. The first-order valence-electron chi connectivity index (χ1n) is 8.50. The van der Waals surface area contributed by atoms with Crippen molar-refractivity contribution in [1.29, 1.82) is 0 Å². The Morgan fingerprint density at radius 2 is 2.21 bits per heavy atom. The zero-order valence-corrected chi connectivity index (χ0v) is 14.9. The van der Waals surface area contributed by atoms with E-state index in [2.05, 4.69) is 31.3 Å². The summed E-state index contributed by atoms with van der Waals surface area (Å²) >= 11 is 1.54. The molecule has 3 aromatic rings. The van der Waals surface area contributed by atoms with Crippen LogP contribution >= 0.6 is 11.3 Å². The molecule has 0 aliphatic heterocycles. The summed E-state index contributed by atoms with van der Waals surface area (Å²) in [6.07, 6.45) is 3.61. The zero-order chi connectivity index (χ0) is 16.7. The predicted octanol–water partition coefficient (Wildman–Crippen LogP) is 2.16. The van der Waals surface area contributed by atoms with Crippen molar-refractivity contribution in [3.8, 4) is 0 Å². The lowest BCUT2D eigenvalue weighted by atomic mass is 9.87. The van der Waals surface area contributed by atoms with Crippen LogP contribution in [-0.2, 0) is 13.0 Å². The third-order valence-electron chi connectivity index (χ3n) is 5.05. The van der Waals surface area contributed by atoms with Gasteiger partial charge in [0.1, 0.15) is 18.3 Å². The van der Waals surface area contributed by atoms with E-state index in [0.717, 1.165) is 22.9 Å². The SMILES string of the molecule is Cc1csc2nc(C[NH+](C)[C@@H]3CCCc4ccccc43)cc(=O)n12. The number of hydrogen-bond acceptors (Lipinski definition) is 3. The number of benzene rings is 1. The molecule has 1 N–H and O–H groups in total. The van der Waals surface area contributed by atoms with Crippen LogP contribution in [0.5, 0.6) is 0 Å². The summed E-state index contributed by atoms with van der Waals surface area (Å²) in [6.45, 7) is 2.73. The molecule has 124 valence electrons. The first-order valence-corrected chi connectivity index (χ1v) is 9.38. The molecule has 0 amide bonds. The van der Waals surface area contributed by atoms with Crippen molar-refractivity contribution in [2.24, 2.45) is 0 Å². The van der Waals surface area contributed by atoms with E-state index in [0.29, 0.717) is 6.04 Å². The molecule has 0 radical (unpaired) electrons. The van der Waals surface area contributed by atoms with Crippen molar-refractivity contribution >= 4 is 16.3 Å². The Bertz CT molecular complexity index is 943. The maximum Gasteiger partial charge on any atom is 0.259 e. The lowest BCUT2D eigenvalue weighted by molar-refractivity contribution is -0.927. The fourth-order valence-corrected chi connectivity index (χ4v) is 4.76. The van der Waals surface area contributed by atoms with Crippen molar-refractivity contribution in [2.75, 3.05) is 7.05 Å². The number of aromatic nitrogens is 2. The second-order valence-electron chi connectivity index (χ2n) is 6.75. The molecule has 2 aromatic heterocycles. The Morgan fingerprint density at radius 3 is 3.08 bits per heavy atom. The summed E-state index contributed by atoms with van der Waals surface area (Å²) in [5, 5.41) is 1.99. The van der Waals surface area contributed by atoms with Gasteiger partial charge < -0.3 is 4.90 Å². The normalized spacial score (nSPS) is 18.5. The molecule has 1 aromatic carbocycles. The van der Waals surface area contributed by atoms with Gasteiger partial charge in [-0.3, -0.25) is 9.20 Å². The molecule has 24 heavy (non-hydrogen) atoms. The standard InChI is InChI=1S/C19H21N3OS/c1-13-12-24-19-20-15(10-18(23)22(13)19)11-21(2)17-9-5-7-14-6-3-4-8-16(14)17/h3-4,6,8,10,12,17H,5,7,9,11H2,1-2H3/p+1/t17-/m1/s1. The number of fused-ring (bicyclic) bond motifs is 2. The summed E-state index contributed by atoms with van der Waals surface area (Å²) in [4.78, 5) is 19.3. The number of hydrogen-bond donors (Lipinski definition) is 1. The molecule has 0 saturated heterocycles. The van der Waals surface area contributed by atoms with Crippen LogP contribution in [0.15, 0.2) is 40.5 Å². The van der Waals surface area contributed by atoms with Gasteiger partial charge in [0.15, 0.2) is 4.96 Å². The lowest BCUT2D eigenvalue weighted by Crippen LogP contribution is -3.08. The summed E-state index contributed by atoms with van der Waals surface area (Å²) in [5.74, 6) is 0. The Morgan fingerprint density at radius 1 is 1.38 bits per heavy atom. The first-order chi connectivity index (χ1) is 11.6. The highest BCUT2D eigenvalue weighted by Gasteiger charge is 2.27. The molecule has 0 bridgehead atoms. The molecule has 2 heterocycles. The van der Waals surface area contributed by atoms with Crippen LogP contribution in [0.25, 0.3) is 4.96 Å². The molecule has 1 aliphatic rings. The van der Waals surface area contributed by atoms with E-state index in [1.807, 2.05) is 12.3 Å². The maximum absolute atomic E-state index is 12.4. The van der Waals surface area contributed by atoms with Crippen LogP contribution in [0.1, 0.15) is 41.4 Å². The van der Waals surface area contributed by atoms with Gasteiger partial charge in [-0.25, -0.2) is 4.98 Å². The van der Waals surface area contributed by atoms with E-state index in [1.54, 1.807) is 10.5 Å². The largest absolute Gasteiger partial charge is 0.326 e. The Kier molecular flexibility index (Phi) is 3.98. The number of aryl methyl sites for hydroxylation is 2. The fourth-order valence-electron chi connectivity index (χ4n) is 3.87. The van der Waals surface area contributed by atoms with Gasteiger partial charge in [-0.15, -0.1) is 11.3 Å². The van der Waals surface area contributed by atoms with Gasteiger partial charge in [0.05, 0.1) is 7.05 Å². The molecular weight excluding hydrogens is 318 g/mol. The van der Waals surface area contributed by atoms with Gasteiger partial charge in [0, 0.05) is 29.1 Å². The minimum Gasteiger partial charge on any atom is -0.326 e. The fraction of sp³-hybridized carbons (Fsp3) is 0.368. The molecule has 0 spiro atoms. The number of nitrogens with zero attached hydrogens (tertiary/aromatic N) is 2. The van der Waals surface area contributed by atoms with Gasteiger partial charge in [-0.1, -0.05) is 24.3 Å². The second kappa shape index (κ2) is 6.15. The number of quaternary nitrogens is 1. The van der Waals surface area contributed by atoms with Crippen LogP contribution in [-0.4, -0.2) is 16.4 Å². The van der Waals surface area contributed by atoms with Crippen molar-refractivity contribution in [3.05, 3.63) is 68.6 Å². The van der Waals surface area contributed by atoms with Crippen LogP contribution in [0.2, 0.25) is 0 Å². The molecule has 2 atom stereocenters. The van der Waals surface area contributed by atoms with E-state index in [4.69, 9.17) is 4.98 Å². The highest BCUT2D eigenvalue weighted by Crippen LogP contribution is 2.27. The quantitative estimate of drug-likeness (QED) is 0.793. The Labute approximate surface area is 145 Å². The topological polar surface area (TPSA) is 38.8 Å². The minimum absolute atomic E-state index is 0.0330. The van der Waals surface area contributed by atoms with Crippen LogP contribution in [0.4, 0.5) is 0 Å². The average Bonchev–Trinajstić information content (AvgIpc) is 2.95. The summed E-state index contributed by atoms with van der Waals surface area (Å²) in [6, 6.07) is 11.0. The molecule has 5 heteroatoms. The molecule has 4 rings (SSSR count). The smallest absolute Gasteiger partial charge is 0.259 e.